The predicted octanol–water partition coefficient (Wildman–Crippen LogP) is 0.311. The Hall–Kier alpha value is -0.280. The Morgan fingerprint density at radius 2 is 0.810 bits per heavy atom. The first-order chi connectivity index (χ1) is 10.4. The van der Waals surface area contributed by atoms with E-state index in [1.165, 1.54) is 0 Å². The maximum absolute atomic E-state index is 5.35. The van der Waals surface area contributed by atoms with Gasteiger partial charge in [0, 0.05) is 14.6 Å². The fourth-order valence-electron chi connectivity index (χ4n) is 1.33. The van der Waals surface area contributed by atoms with Crippen molar-refractivity contribution in [2.24, 2.45) is 5.73 Å². The van der Waals surface area contributed by atoms with Crippen molar-refractivity contribution in [1.29, 1.82) is 0 Å². The molecule has 0 aromatic rings. The second kappa shape index (κ2) is 19.7. The normalized spacial score (nSPS) is 11.1. The van der Waals surface area contributed by atoms with Crippen molar-refractivity contribution in [2.45, 2.75) is 6.92 Å². The lowest BCUT2D eigenvalue weighted by molar-refractivity contribution is -0.0158. The fraction of sp³-hybridized carbons (Fsp3) is 1.00. The maximum atomic E-state index is 5.35. The maximum Gasteiger partial charge on any atom is 0.0701 e. The summed E-state index contributed by atoms with van der Waals surface area (Å²) in [6.45, 7) is 9.60. The van der Waals surface area contributed by atoms with E-state index in [0.717, 1.165) is 6.61 Å². The Bertz CT molecular complexity index is 173. The monoisotopic (exact) mass is 311 g/mol. The summed E-state index contributed by atoms with van der Waals surface area (Å²) >= 11 is 0. The highest BCUT2D eigenvalue weighted by Crippen LogP contribution is 1.84. The van der Waals surface area contributed by atoms with Gasteiger partial charge in [-0.2, -0.15) is 0 Å². The van der Waals surface area contributed by atoms with Crippen LogP contribution < -0.4 is 5.73 Å². The van der Waals surface area contributed by atoms with E-state index in [1.807, 2.05) is 6.92 Å². The molecule has 0 saturated carbocycles. The average molecular weight is 311 g/mol. The van der Waals surface area contributed by atoms with Crippen LogP contribution in [0.1, 0.15) is 8.35 Å². The largest absolute Gasteiger partial charge is 0.379 e. The molecule has 0 rings (SSSR count). The highest BCUT2D eigenvalue weighted by atomic mass is 16.6. The molecule has 0 aliphatic rings. The molecule has 0 spiro atoms. The van der Waals surface area contributed by atoms with E-state index >= 15 is 0 Å². The van der Waals surface area contributed by atoms with Crippen molar-refractivity contribution < 1.29 is 29.8 Å². The average Bonchev–Trinajstić information content (AvgIpc) is 2.50. The van der Waals surface area contributed by atoms with Crippen LogP contribution in [-0.2, 0) is 28.4 Å². The summed E-state index contributed by atoms with van der Waals surface area (Å²) in [5.41, 5.74) is 5.28. The Labute approximate surface area is 129 Å². The molecule has 0 unspecified atom stereocenters. The van der Waals surface area contributed by atoms with E-state index in [1.54, 1.807) is 0 Å². The van der Waals surface area contributed by atoms with Crippen molar-refractivity contribution >= 4 is 0 Å². The van der Waals surface area contributed by atoms with Gasteiger partial charge < -0.3 is 34.2 Å². The lowest BCUT2D eigenvalue weighted by Gasteiger charge is -2.07. The van der Waals surface area contributed by atoms with E-state index in [-0.39, 0.29) is 1.43 Å². The van der Waals surface area contributed by atoms with Gasteiger partial charge in [-0.05, 0) is 6.92 Å². The van der Waals surface area contributed by atoms with E-state index in [0.29, 0.717) is 79.2 Å². The third kappa shape index (κ3) is 19.7. The second-order valence-electron chi connectivity index (χ2n) is 4.05. The molecule has 21 heavy (non-hydrogen) atoms. The van der Waals surface area contributed by atoms with E-state index in [9.17, 15) is 0 Å². The molecule has 0 bridgehead atoms. The van der Waals surface area contributed by atoms with Gasteiger partial charge in [0.15, 0.2) is 0 Å². The molecule has 0 aromatic carbocycles. The topological polar surface area (TPSA) is 81.4 Å². The molecule has 0 aliphatic heterocycles. The zero-order valence-corrected chi connectivity index (χ0v) is 13.2. The summed E-state index contributed by atoms with van der Waals surface area (Å²) in [5.74, 6) is 0. The van der Waals surface area contributed by atoms with Gasteiger partial charge in [-0.1, -0.05) is 0 Å². The highest BCUT2D eigenvalue weighted by Gasteiger charge is 1.93. The number of hydrogen-bond donors (Lipinski definition) is 1. The lowest BCUT2D eigenvalue weighted by Crippen LogP contribution is -2.15. The van der Waals surface area contributed by atoms with Crippen LogP contribution in [0.4, 0.5) is 0 Å². The minimum Gasteiger partial charge on any atom is -0.379 e. The SMILES string of the molecule is CCOCCOCCOCCOCCOCCOCCN.[HH]. The van der Waals surface area contributed by atoms with Crippen molar-refractivity contribution in [3.8, 4) is 0 Å². The molecule has 7 heteroatoms. The third-order valence-electron chi connectivity index (χ3n) is 2.33. The van der Waals surface area contributed by atoms with Gasteiger partial charge >= 0.3 is 0 Å². The molecule has 130 valence electrons. The first-order valence-electron chi connectivity index (χ1n) is 7.58. The van der Waals surface area contributed by atoms with Gasteiger partial charge in [0.1, 0.15) is 0 Å². The Kier molecular flexibility index (Phi) is 19.5. The van der Waals surface area contributed by atoms with Gasteiger partial charge in [0.2, 0.25) is 0 Å². The molecule has 0 aliphatic carbocycles. The van der Waals surface area contributed by atoms with E-state index in [2.05, 4.69) is 0 Å². The minimum absolute atomic E-state index is 0. The zero-order chi connectivity index (χ0) is 15.4. The number of hydrogen-bond acceptors (Lipinski definition) is 7. The molecule has 0 fully saturated rings. The summed E-state index contributed by atoms with van der Waals surface area (Å²) in [6, 6.07) is 0. The summed E-state index contributed by atoms with van der Waals surface area (Å²) in [7, 11) is 0. The summed E-state index contributed by atoms with van der Waals surface area (Å²) < 4.78 is 31.6. The van der Waals surface area contributed by atoms with E-state index < -0.39 is 0 Å². The molecule has 2 N–H and O–H groups in total. The molecular weight excluding hydrogens is 278 g/mol. The molecule has 0 amide bonds. The Balaban J connectivity index is 0. The number of nitrogens with two attached hydrogens (primary N) is 1. The molecule has 0 aromatic heterocycles. The van der Waals surface area contributed by atoms with Crippen LogP contribution >= 0.6 is 0 Å². The van der Waals surface area contributed by atoms with Crippen LogP contribution in [0.3, 0.4) is 0 Å². The summed E-state index contributed by atoms with van der Waals surface area (Å²) in [6.07, 6.45) is 0. The van der Waals surface area contributed by atoms with Crippen LogP contribution in [0.25, 0.3) is 0 Å². The van der Waals surface area contributed by atoms with Crippen LogP contribution in [0.5, 0.6) is 0 Å². The number of rotatable bonds is 18. The van der Waals surface area contributed by atoms with Crippen molar-refractivity contribution in [1.82, 2.24) is 0 Å². The molecular formula is C14H33NO6. The van der Waals surface area contributed by atoms with Crippen LogP contribution in [-0.4, -0.2) is 85.8 Å². The van der Waals surface area contributed by atoms with Crippen LogP contribution in [0, 0.1) is 0 Å². The number of ether oxygens (including phenoxy) is 6. The lowest BCUT2D eigenvalue weighted by atomic mass is 10.6. The molecule has 0 atom stereocenters. The summed E-state index contributed by atoms with van der Waals surface area (Å²) in [5, 5.41) is 0. The van der Waals surface area contributed by atoms with Gasteiger partial charge in [-0.15, -0.1) is 0 Å². The second-order valence-corrected chi connectivity index (χ2v) is 4.05. The molecule has 0 saturated heterocycles. The van der Waals surface area contributed by atoms with Gasteiger partial charge in [-0.25, -0.2) is 0 Å². The molecule has 7 nitrogen and oxygen atoms in total. The van der Waals surface area contributed by atoms with E-state index in [4.69, 9.17) is 34.2 Å². The van der Waals surface area contributed by atoms with Crippen LogP contribution in [0.2, 0.25) is 0 Å². The highest BCUT2D eigenvalue weighted by molar-refractivity contribution is 4.36. The Morgan fingerprint density at radius 1 is 0.524 bits per heavy atom. The van der Waals surface area contributed by atoms with Crippen molar-refractivity contribution in [3.63, 3.8) is 0 Å². The standard InChI is InChI=1S/C14H31NO6.H2/c1-2-16-5-6-18-9-10-20-13-14-21-12-11-19-8-7-17-4-3-15;/h2-15H2,1H3;1H. The van der Waals surface area contributed by atoms with Gasteiger partial charge in [-0.3, -0.25) is 0 Å². The van der Waals surface area contributed by atoms with Crippen molar-refractivity contribution in [2.75, 3.05) is 85.8 Å². The Morgan fingerprint density at radius 3 is 1.10 bits per heavy atom. The fourth-order valence-corrected chi connectivity index (χ4v) is 1.33. The van der Waals surface area contributed by atoms with Crippen LogP contribution in [0.15, 0.2) is 0 Å². The summed E-state index contributed by atoms with van der Waals surface area (Å²) in [4.78, 5) is 0. The first-order valence-corrected chi connectivity index (χ1v) is 7.58. The molecule has 0 heterocycles. The van der Waals surface area contributed by atoms with Gasteiger partial charge in [0.25, 0.3) is 0 Å². The first kappa shape index (κ1) is 20.7. The molecule has 0 radical (unpaired) electrons. The smallest absolute Gasteiger partial charge is 0.0701 e. The predicted molar refractivity (Wildman–Crippen MR) is 81.8 cm³/mol. The quantitative estimate of drug-likeness (QED) is 0.365. The zero-order valence-electron chi connectivity index (χ0n) is 13.2. The van der Waals surface area contributed by atoms with Crippen molar-refractivity contribution in [3.05, 3.63) is 0 Å². The third-order valence-corrected chi connectivity index (χ3v) is 2.33. The van der Waals surface area contributed by atoms with Gasteiger partial charge in [0.05, 0.1) is 72.7 Å². The minimum atomic E-state index is 0.